The molecule has 1 unspecified atom stereocenters. The largest absolute Gasteiger partial charge is 0.393 e. The average Bonchev–Trinajstić information content (AvgIpc) is 2.15. The Morgan fingerprint density at radius 3 is 2.93 bits per heavy atom. The highest BCUT2D eigenvalue weighted by atomic mass is 35.5. The fourth-order valence-electron chi connectivity index (χ4n) is 1.13. The molecule has 1 aromatic rings. The zero-order valence-corrected chi connectivity index (χ0v) is 9.29. The first-order valence-electron chi connectivity index (χ1n) is 4.81. The van der Waals surface area contributed by atoms with Gasteiger partial charge in [-0.2, -0.15) is 0 Å². The summed E-state index contributed by atoms with van der Waals surface area (Å²) in [5.74, 6) is -0.113. The van der Waals surface area contributed by atoms with Gasteiger partial charge in [-0.05, 0) is 31.5 Å². The number of benzene rings is 1. The van der Waals surface area contributed by atoms with Crippen molar-refractivity contribution < 1.29 is 9.90 Å². The van der Waals surface area contributed by atoms with E-state index in [-0.39, 0.29) is 5.91 Å². The van der Waals surface area contributed by atoms with Gasteiger partial charge in [0, 0.05) is 17.1 Å². The molecule has 3 nitrogen and oxygen atoms in total. The summed E-state index contributed by atoms with van der Waals surface area (Å²) in [7, 11) is 0. The van der Waals surface area contributed by atoms with Gasteiger partial charge in [-0.25, -0.2) is 0 Å². The van der Waals surface area contributed by atoms with Gasteiger partial charge in [0.05, 0.1) is 6.10 Å². The minimum Gasteiger partial charge on any atom is -0.393 e. The Balaban J connectivity index is 2.44. The second-order valence-electron chi connectivity index (χ2n) is 3.45. The van der Waals surface area contributed by atoms with Crippen LogP contribution in [0.4, 0.5) is 5.69 Å². The molecule has 1 rings (SSSR count). The normalized spacial score (nSPS) is 12.2. The number of nitrogens with one attached hydrogen (secondary N) is 1. The number of anilines is 1. The number of aliphatic hydroxyl groups excluding tert-OH is 1. The van der Waals surface area contributed by atoms with Gasteiger partial charge < -0.3 is 10.4 Å². The molecule has 1 atom stereocenters. The Morgan fingerprint density at radius 2 is 2.33 bits per heavy atom. The number of aliphatic hydroxyl groups is 1. The van der Waals surface area contributed by atoms with Crippen molar-refractivity contribution in [3.63, 3.8) is 0 Å². The summed E-state index contributed by atoms with van der Waals surface area (Å²) in [6, 6.07) is 6.97. The van der Waals surface area contributed by atoms with Crippen LogP contribution >= 0.6 is 11.6 Å². The number of amides is 1. The molecule has 0 aliphatic rings. The van der Waals surface area contributed by atoms with Gasteiger partial charge in [-0.3, -0.25) is 4.79 Å². The molecule has 0 saturated heterocycles. The highest BCUT2D eigenvalue weighted by Gasteiger charge is 2.04. The van der Waals surface area contributed by atoms with Crippen LogP contribution in [-0.2, 0) is 4.79 Å². The van der Waals surface area contributed by atoms with Crippen LogP contribution in [0.3, 0.4) is 0 Å². The molecule has 15 heavy (non-hydrogen) atoms. The summed E-state index contributed by atoms with van der Waals surface area (Å²) >= 11 is 5.76. The van der Waals surface area contributed by atoms with Crippen LogP contribution in [0.25, 0.3) is 0 Å². The standard InChI is InChI=1S/C11H14ClNO2/c1-8(14)5-6-11(15)13-10-4-2-3-9(12)7-10/h2-4,7-8,14H,5-6H2,1H3,(H,13,15). The second-order valence-corrected chi connectivity index (χ2v) is 3.88. The third kappa shape index (κ3) is 4.81. The molecule has 0 heterocycles. The summed E-state index contributed by atoms with van der Waals surface area (Å²) < 4.78 is 0. The number of carbonyl (C=O) groups excluding carboxylic acids is 1. The van der Waals surface area contributed by atoms with Crippen LogP contribution in [0.5, 0.6) is 0 Å². The van der Waals surface area contributed by atoms with Crippen LogP contribution in [0.1, 0.15) is 19.8 Å². The molecule has 0 aliphatic carbocycles. The van der Waals surface area contributed by atoms with Crippen molar-refractivity contribution in [2.24, 2.45) is 0 Å². The molecule has 1 aromatic carbocycles. The van der Waals surface area contributed by atoms with E-state index < -0.39 is 6.10 Å². The summed E-state index contributed by atoms with van der Waals surface area (Å²) in [6.07, 6.45) is 0.325. The van der Waals surface area contributed by atoms with Crippen LogP contribution in [0, 0.1) is 0 Å². The molecule has 0 bridgehead atoms. The number of hydrogen-bond donors (Lipinski definition) is 2. The van der Waals surface area contributed by atoms with E-state index in [9.17, 15) is 4.79 Å². The van der Waals surface area contributed by atoms with Gasteiger partial charge in [0.15, 0.2) is 0 Å². The molecule has 4 heteroatoms. The Labute approximate surface area is 94.1 Å². The van der Waals surface area contributed by atoms with E-state index in [0.29, 0.717) is 23.6 Å². The van der Waals surface area contributed by atoms with Crippen molar-refractivity contribution in [1.82, 2.24) is 0 Å². The minimum atomic E-state index is -0.449. The molecule has 0 aliphatic heterocycles. The molecule has 2 N–H and O–H groups in total. The van der Waals surface area contributed by atoms with Crippen LogP contribution in [0.15, 0.2) is 24.3 Å². The second kappa shape index (κ2) is 5.73. The summed E-state index contributed by atoms with van der Waals surface area (Å²) in [6.45, 7) is 1.66. The van der Waals surface area contributed by atoms with E-state index in [2.05, 4.69) is 5.32 Å². The molecule has 0 saturated carbocycles. The van der Waals surface area contributed by atoms with Gasteiger partial charge in [0.1, 0.15) is 0 Å². The SMILES string of the molecule is CC(O)CCC(=O)Nc1cccc(Cl)c1. The number of rotatable bonds is 4. The maximum Gasteiger partial charge on any atom is 0.224 e. The van der Waals surface area contributed by atoms with E-state index in [4.69, 9.17) is 16.7 Å². The zero-order valence-electron chi connectivity index (χ0n) is 8.53. The first kappa shape index (κ1) is 12.0. The smallest absolute Gasteiger partial charge is 0.224 e. The molecule has 0 radical (unpaired) electrons. The summed E-state index contributed by atoms with van der Waals surface area (Å²) in [4.78, 5) is 11.4. The lowest BCUT2D eigenvalue weighted by atomic mass is 10.2. The molecule has 82 valence electrons. The third-order valence-corrected chi connectivity index (χ3v) is 2.13. The average molecular weight is 228 g/mol. The van der Waals surface area contributed by atoms with Crippen LogP contribution < -0.4 is 5.32 Å². The molecule has 0 spiro atoms. The fourth-order valence-corrected chi connectivity index (χ4v) is 1.32. The summed E-state index contributed by atoms with van der Waals surface area (Å²) in [5.41, 5.74) is 0.679. The van der Waals surface area contributed by atoms with Gasteiger partial charge in [0.25, 0.3) is 0 Å². The Hall–Kier alpha value is -1.06. The summed E-state index contributed by atoms with van der Waals surface area (Å²) in [5, 5.41) is 12.3. The molecule has 1 amide bonds. The first-order valence-corrected chi connectivity index (χ1v) is 5.19. The Bertz CT molecular complexity index is 339. The van der Waals surface area contributed by atoms with E-state index in [1.165, 1.54) is 0 Å². The fraction of sp³-hybridized carbons (Fsp3) is 0.364. The maximum atomic E-state index is 11.4. The number of halogens is 1. The number of carbonyl (C=O) groups is 1. The van der Waals surface area contributed by atoms with Gasteiger partial charge in [-0.1, -0.05) is 17.7 Å². The highest BCUT2D eigenvalue weighted by Crippen LogP contribution is 2.15. The first-order chi connectivity index (χ1) is 7.08. The van der Waals surface area contributed by atoms with Gasteiger partial charge in [0.2, 0.25) is 5.91 Å². The predicted octanol–water partition coefficient (Wildman–Crippen LogP) is 2.44. The lowest BCUT2D eigenvalue weighted by Gasteiger charge is -2.06. The van der Waals surface area contributed by atoms with Crippen molar-refractivity contribution >= 4 is 23.2 Å². The third-order valence-electron chi connectivity index (χ3n) is 1.90. The van der Waals surface area contributed by atoms with E-state index in [1.54, 1.807) is 31.2 Å². The maximum absolute atomic E-state index is 11.4. The van der Waals surface area contributed by atoms with E-state index in [1.807, 2.05) is 0 Å². The molecule has 0 fully saturated rings. The highest BCUT2D eigenvalue weighted by molar-refractivity contribution is 6.30. The zero-order chi connectivity index (χ0) is 11.3. The van der Waals surface area contributed by atoms with Gasteiger partial charge in [-0.15, -0.1) is 0 Å². The minimum absolute atomic E-state index is 0.113. The Morgan fingerprint density at radius 1 is 1.60 bits per heavy atom. The number of hydrogen-bond acceptors (Lipinski definition) is 2. The quantitative estimate of drug-likeness (QED) is 0.830. The van der Waals surface area contributed by atoms with Crippen molar-refractivity contribution in [3.8, 4) is 0 Å². The topological polar surface area (TPSA) is 49.3 Å². The monoisotopic (exact) mass is 227 g/mol. The van der Waals surface area contributed by atoms with Crippen molar-refractivity contribution in [1.29, 1.82) is 0 Å². The van der Waals surface area contributed by atoms with Crippen molar-refractivity contribution in [2.75, 3.05) is 5.32 Å². The van der Waals surface area contributed by atoms with Crippen LogP contribution in [-0.4, -0.2) is 17.1 Å². The Kier molecular flexibility index (Phi) is 4.59. The lowest BCUT2D eigenvalue weighted by molar-refractivity contribution is -0.116. The molecular formula is C11H14ClNO2. The lowest BCUT2D eigenvalue weighted by Crippen LogP contribution is -2.13. The molecule has 0 aromatic heterocycles. The van der Waals surface area contributed by atoms with E-state index in [0.717, 1.165) is 0 Å². The van der Waals surface area contributed by atoms with Crippen molar-refractivity contribution in [2.45, 2.75) is 25.9 Å². The predicted molar refractivity (Wildman–Crippen MR) is 61.0 cm³/mol. The van der Waals surface area contributed by atoms with E-state index >= 15 is 0 Å². The van der Waals surface area contributed by atoms with Crippen LogP contribution in [0.2, 0.25) is 5.02 Å². The van der Waals surface area contributed by atoms with Crippen molar-refractivity contribution in [3.05, 3.63) is 29.3 Å². The molecular weight excluding hydrogens is 214 g/mol. The van der Waals surface area contributed by atoms with Gasteiger partial charge >= 0.3 is 0 Å².